The molecule has 1 aromatic rings. The van der Waals surface area contributed by atoms with Gasteiger partial charge in [-0.2, -0.15) is 0 Å². The zero-order chi connectivity index (χ0) is 15.5. The van der Waals surface area contributed by atoms with Gasteiger partial charge in [-0.15, -0.1) is 0 Å². The fourth-order valence-electron chi connectivity index (χ4n) is 2.91. The van der Waals surface area contributed by atoms with Crippen LogP contribution in [0.4, 0.5) is 0 Å². The largest absolute Gasteiger partial charge is 0.351 e. The molecule has 21 heavy (non-hydrogen) atoms. The van der Waals surface area contributed by atoms with E-state index >= 15 is 0 Å². The molecule has 0 aliphatic heterocycles. The Labute approximate surface area is 127 Å². The standard InChI is InChI=1S/C16H28N4O/c1-16(2,3)14(10-20-9-8-18-11-20)19-15(21)12-6-4-5-7-13(12)17/h8-9,11-14H,4-7,10,17H2,1-3H3,(H,19,21). The summed E-state index contributed by atoms with van der Waals surface area (Å²) < 4.78 is 2.01. The van der Waals surface area contributed by atoms with Crippen LogP contribution in [0, 0.1) is 11.3 Å². The lowest BCUT2D eigenvalue weighted by Gasteiger charge is -2.35. The van der Waals surface area contributed by atoms with Crippen LogP contribution in [-0.4, -0.2) is 27.5 Å². The number of nitrogens with zero attached hydrogens (tertiary/aromatic N) is 2. The highest BCUT2D eigenvalue weighted by atomic mass is 16.2. The number of nitrogens with two attached hydrogens (primary N) is 1. The molecule has 3 atom stereocenters. The van der Waals surface area contributed by atoms with Crippen LogP contribution in [0.1, 0.15) is 46.5 Å². The first-order valence-electron chi connectivity index (χ1n) is 7.89. The van der Waals surface area contributed by atoms with Crippen molar-refractivity contribution >= 4 is 5.91 Å². The third-order valence-corrected chi connectivity index (χ3v) is 4.47. The molecule has 1 aliphatic rings. The maximum atomic E-state index is 12.6. The van der Waals surface area contributed by atoms with Crippen molar-refractivity contribution in [2.45, 2.75) is 65.1 Å². The van der Waals surface area contributed by atoms with E-state index < -0.39 is 0 Å². The molecule has 5 nitrogen and oxygen atoms in total. The van der Waals surface area contributed by atoms with Crippen molar-refractivity contribution in [3.63, 3.8) is 0 Å². The van der Waals surface area contributed by atoms with E-state index in [4.69, 9.17) is 5.73 Å². The molecule has 118 valence electrons. The predicted octanol–water partition coefficient (Wildman–Crippen LogP) is 1.93. The van der Waals surface area contributed by atoms with Gasteiger partial charge >= 0.3 is 0 Å². The van der Waals surface area contributed by atoms with Gasteiger partial charge in [-0.3, -0.25) is 4.79 Å². The minimum Gasteiger partial charge on any atom is -0.351 e. The van der Waals surface area contributed by atoms with E-state index in [9.17, 15) is 4.79 Å². The average molecular weight is 292 g/mol. The Bertz CT molecular complexity index is 449. The number of amides is 1. The summed E-state index contributed by atoms with van der Waals surface area (Å²) in [5.41, 5.74) is 6.11. The Hall–Kier alpha value is -1.36. The molecule has 5 heteroatoms. The Morgan fingerprint density at radius 2 is 2.14 bits per heavy atom. The lowest BCUT2D eigenvalue weighted by atomic mass is 9.82. The average Bonchev–Trinajstić information content (AvgIpc) is 2.90. The van der Waals surface area contributed by atoms with Crippen LogP contribution in [0.2, 0.25) is 0 Å². The molecule has 3 N–H and O–H groups in total. The van der Waals surface area contributed by atoms with Crippen LogP contribution >= 0.6 is 0 Å². The van der Waals surface area contributed by atoms with Gasteiger partial charge in [0.25, 0.3) is 0 Å². The summed E-state index contributed by atoms with van der Waals surface area (Å²) >= 11 is 0. The van der Waals surface area contributed by atoms with Gasteiger partial charge in [0, 0.05) is 25.0 Å². The maximum absolute atomic E-state index is 12.6. The van der Waals surface area contributed by atoms with E-state index in [2.05, 4.69) is 31.1 Å². The number of hydrogen-bond donors (Lipinski definition) is 2. The number of rotatable bonds is 4. The number of carbonyl (C=O) groups excluding carboxylic acids is 1. The molecule has 1 heterocycles. The first-order valence-corrected chi connectivity index (χ1v) is 7.89. The molecule has 0 bridgehead atoms. The van der Waals surface area contributed by atoms with Gasteiger partial charge in [0.1, 0.15) is 0 Å². The van der Waals surface area contributed by atoms with Crippen molar-refractivity contribution in [3.05, 3.63) is 18.7 Å². The zero-order valence-electron chi connectivity index (χ0n) is 13.4. The second-order valence-corrected chi connectivity index (χ2v) is 7.24. The molecular formula is C16H28N4O. The fraction of sp³-hybridized carbons (Fsp3) is 0.750. The van der Waals surface area contributed by atoms with Crippen LogP contribution in [0.5, 0.6) is 0 Å². The monoisotopic (exact) mass is 292 g/mol. The SMILES string of the molecule is CC(C)(C)C(Cn1ccnc1)NC(=O)C1CCCCC1N. The van der Waals surface area contributed by atoms with E-state index in [0.717, 1.165) is 32.2 Å². The Balaban J connectivity index is 2.02. The van der Waals surface area contributed by atoms with E-state index in [-0.39, 0.29) is 29.3 Å². The smallest absolute Gasteiger partial charge is 0.224 e. The van der Waals surface area contributed by atoms with Gasteiger partial charge in [-0.1, -0.05) is 33.6 Å². The third kappa shape index (κ3) is 4.30. The number of hydrogen-bond acceptors (Lipinski definition) is 3. The highest BCUT2D eigenvalue weighted by Crippen LogP contribution is 2.25. The summed E-state index contributed by atoms with van der Waals surface area (Å²) in [6, 6.07) is 0.0703. The minimum absolute atomic E-state index is 0.00705. The Morgan fingerprint density at radius 3 is 2.71 bits per heavy atom. The van der Waals surface area contributed by atoms with Crippen LogP contribution < -0.4 is 11.1 Å². The van der Waals surface area contributed by atoms with E-state index in [1.54, 1.807) is 12.5 Å². The number of nitrogens with one attached hydrogen (secondary N) is 1. The highest BCUT2D eigenvalue weighted by Gasteiger charge is 2.32. The summed E-state index contributed by atoms with van der Waals surface area (Å²) in [5.74, 6) is 0.0774. The van der Waals surface area contributed by atoms with Gasteiger partial charge in [0.05, 0.1) is 18.3 Å². The molecule has 1 fully saturated rings. The van der Waals surface area contributed by atoms with E-state index in [1.807, 2.05) is 10.8 Å². The van der Waals surface area contributed by atoms with Crippen molar-refractivity contribution in [2.75, 3.05) is 0 Å². The Morgan fingerprint density at radius 1 is 1.43 bits per heavy atom. The highest BCUT2D eigenvalue weighted by molar-refractivity contribution is 5.79. The lowest BCUT2D eigenvalue weighted by molar-refractivity contribution is -0.128. The molecule has 3 unspecified atom stereocenters. The normalized spacial score (nSPS) is 24.6. The van der Waals surface area contributed by atoms with Crippen LogP contribution in [0.15, 0.2) is 18.7 Å². The fourth-order valence-corrected chi connectivity index (χ4v) is 2.91. The molecule has 0 radical (unpaired) electrons. The first-order chi connectivity index (χ1) is 9.88. The number of imidazole rings is 1. The molecule has 1 aromatic heterocycles. The van der Waals surface area contributed by atoms with Gasteiger partial charge in [-0.05, 0) is 18.3 Å². The summed E-state index contributed by atoms with van der Waals surface area (Å²) in [7, 11) is 0. The van der Waals surface area contributed by atoms with Crippen molar-refractivity contribution < 1.29 is 4.79 Å². The van der Waals surface area contributed by atoms with Crippen LogP contribution in [0.3, 0.4) is 0 Å². The Kier molecular flexibility index (Phi) is 5.04. The van der Waals surface area contributed by atoms with Crippen LogP contribution in [0.25, 0.3) is 0 Å². The van der Waals surface area contributed by atoms with Gasteiger partial charge < -0.3 is 15.6 Å². The first kappa shape index (κ1) is 16.0. The van der Waals surface area contributed by atoms with Crippen molar-refractivity contribution in [1.82, 2.24) is 14.9 Å². The molecular weight excluding hydrogens is 264 g/mol. The summed E-state index contributed by atoms with van der Waals surface area (Å²) in [5, 5.41) is 3.23. The summed E-state index contributed by atoms with van der Waals surface area (Å²) in [6.45, 7) is 7.18. The minimum atomic E-state index is -0.0358. The molecule has 2 rings (SSSR count). The topological polar surface area (TPSA) is 72.9 Å². The number of aromatic nitrogens is 2. The molecule has 0 saturated heterocycles. The summed E-state index contributed by atoms with van der Waals surface area (Å²) in [4.78, 5) is 16.6. The van der Waals surface area contributed by atoms with E-state index in [0.29, 0.717) is 0 Å². The molecule has 1 saturated carbocycles. The molecule has 1 aliphatic carbocycles. The van der Waals surface area contributed by atoms with Crippen molar-refractivity contribution in [2.24, 2.45) is 17.1 Å². The summed E-state index contributed by atoms with van der Waals surface area (Å²) in [6.07, 6.45) is 9.60. The molecule has 0 aromatic carbocycles. The maximum Gasteiger partial charge on any atom is 0.224 e. The molecule has 0 spiro atoms. The van der Waals surface area contributed by atoms with Gasteiger partial charge in [-0.25, -0.2) is 4.98 Å². The molecule has 1 amide bonds. The predicted molar refractivity (Wildman–Crippen MR) is 83.5 cm³/mol. The van der Waals surface area contributed by atoms with Gasteiger partial charge in [0.2, 0.25) is 5.91 Å². The quantitative estimate of drug-likeness (QED) is 0.890. The van der Waals surface area contributed by atoms with Crippen molar-refractivity contribution in [3.8, 4) is 0 Å². The second kappa shape index (κ2) is 6.60. The van der Waals surface area contributed by atoms with E-state index in [1.165, 1.54) is 0 Å². The van der Waals surface area contributed by atoms with Crippen molar-refractivity contribution in [1.29, 1.82) is 0 Å². The lowest BCUT2D eigenvalue weighted by Crippen LogP contribution is -2.51. The zero-order valence-corrected chi connectivity index (χ0v) is 13.4. The van der Waals surface area contributed by atoms with Gasteiger partial charge in [0.15, 0.2) is 0 Å². The second-order valence-electron chi connectivity index (χ2n) is 7.24. The number of carbonyl (C=O) groups is 1. The van der Waals surface area contributed by atoms with Crippen LogP contribution in [-0.2, 0) is 11.3 Å². The third-order valence-electron chi connectivity index (χ3n) is 4.47.